The highest BCUT2D eigenvalue weighted by molar-refractivity contribution is 5.85. The van der Waals surface area contributed by atoms with Crippen molar-refractivity contribution >= 4 is 5.91 Å². The van der Waals surface area contributed by atoms with Crippen LogP contribution in [0.15, 0.2) is 0 Å². The van der Waals surface area contributed by atoms with Crippen LogP contribution in [-0.2, 0) is 9.53 Å². The highest BCUT2D eigenvalue weighted by Gasteiger charge is 2.33. The van der Waals surface area contributed by atoms with E-state index in [0.717, 1.165) is 25.9 Å². The zero-order valence-corrected chi connectivity index (χ0v) is 10.2. The summed E-state index contributed by atoms with van der Waals surface area (Å²) in [7, 11) is 3.53. The minimum Gasteiger partial charge on any atom is -0.380 e. The lowest BCUT2D eigenvalue weighted by molar-refractivity contribution is -0.140. The van der Waals surface area contributed by atoms with Crippen LogP contribution in [0.4, 0.5) is 0 Å². The average molecular weight is 214 g/mol. The first-order chi connectivity index (χ1) is 7.01. The monoisotopic (exact) mass is 214 g/mol. The van der Waals surface area contributed by atoms with Gasteiger partial charge in [0.15, 0.2) is 0 Å². The van der Waals surface area contributed by atoms with Gasteiger partial charge in [-0.15, -0.1) is 0 Å². The van der Waals surface area contributed by atoms with E-state index in [1.165, 1.54) is 0 Å². The van der Waals surface area contributed by atoms with Gasteiger partial charge in [0.1, 0.15) is 0 Å². The first-order valence-corrected chi connectivity index (χ1v) is 5.52. The number of nitrogens with zero attached hydrogens (tertiary/aromatic N) is 1. The number of methoxy groups -OCH3 is 1. The molecule has 1 aliphatic rings. The summed E-state index contributed by atoms with van der Waals surface area (Å²) in [5.41, 5.74) is -0.477. The number of rotatable bonds is 3. The summed E-state index contributed by atoms with van der Waals surface area (Å²) in [6.45, 7) is 5.39. The van der Waals surface area contributed by atoms with E-state index in [2.05, 4.69) is 5.32 Å². The summed E-state index contributed by atoms with van der Waals surface area (Å²) in [5, 5.41) is 3.04. The van der Waals surface area contributed by atoms with Crippen LogP contribution in [0.3, 0.4) is 0 Å². The van der Waals surface area contributed by atoms with Crippen LogP contribution >= 0.6 is 0 Å². The van der Waals surface area contributed by atoms with Gasteiger partial charge in [0.05, 0.1) is 11.6 Å². The molecule has 88 valence electrons. The van der Waals surface area contributed by atoms with Crippen molar-refractivity contribution in [2.75, 3.05) is 27.2 Å². The molecular weight excluding hydrogens is 192 g/mol. The van der Waals surface area contributed by atoms with E-state index in [-0.39, 0.29) is 12.0 Å². The zero-order valence-electron chi connectivity index (χ0n) is 10.2. The molecule has 0 aliphatic carbocycles. The maximum atomic E-state index is 12.1. The van der Waals surface area contributed by atoms with Gasteiger partial charge < -0.3 is 15.0 Å². The van der Waals surface area contributed by atoms with E-state index in [1.54, 1.807) is 7.11 Å². The summed E-state index contributed by atoms with van der Waals surface area (Å²) < 4.78 is 5.30. The quantitative estimate of drug-likeness (QED) is 0.749. The number of carbonyl (C=O) groups is 1. The second-order valence-electron chi connectivity index (χ2n) is 4.63. The van der Waals surface area contributed by atoms with Crippen molar-refractivity contribution in [2.24, 2.45) is 0 Å². The van der Waals surface area contributed by atoms with Crippen molar-refractivity contribution in [3.63, 3.8) is 0 Å². The second kappa shape index (κ2) is 4.94. The number of likely N-dealkylation sites (tertiary alicyclic amines) is 1. The van der Waals surface area contributed by atoms with Gasteiger partial charge >= 0.3 is 0 Å². The van der Waals surface area contributed by atoms with E-state index in [1.807, 2.05) is 25.8 Å². The van der Waals surface area contributed by atoms with Crippen molar-refractivity contribution in [3.05, 3.63) is 0 Å². The van der Waals surface area contributed by atoms with Crippen LogP contribution in [0.5, 0.6) is 0 Å². The van der Waals surface area contributed by atoms with E-state index < -0.39 is 5.54 Å². The number of carbonyl (C=O) groups excluding carboxylic acids is 1. The predicted octanol–water partition coefficient (Wildman–Crippen LogP) is 0.622. The Morgan fingerprint density at radius 3 is 2.73 bits per heavy atom. The number of amides is 1. The SMILES string of the molecule is CNC(C)(C)C(=O)N1CCCC(OC)C1. The molecule has 1 heterocycles. The standard InChI is InChI=1S/C11H22N2O2/c1-11(2,12-3)10(14)13-7-5-6-9(8-13)15-4/h9,12H,5-8H2,1-4H3. The molecular formula is C11H22N2O2. The third kappa shape index (κ3) is 2.92. The minimum atomic E-state index is -0.477. The lowest BCUT2D eigenvalue weighted by Gasteiger charge is -2.37. The molecule has 1 atom stereocenters. The van der Waals surface area contributed by atoms with E-state index in [9.17, 15) is 4.79 Å². The molecule has 0 saturated carbocycles. The number of nitrogens with one attached hydrogen (secondary N) is 1. The summed E-state index contributed by atoms with van der Waals surface area (Å²) in [6.07, 6.45) is 2.29. The summed E-state index contributed by atoms with van der Waals surface area (Å²) in [5.74, 6) is 0.159. The van der Waals surface area contributed by atoms with Crippen molar-refractivity contribution in [1.29, 1.82) is 0 Å². The molecule has 0 aromatic carbocycles. The largest absolute Gasteiger partial charge is 0.380 e. The molecule has 1 fully saturated rings. The first kappa shape index (κ1) is 12.5. The topological polar surface area (TPSA) is 41.6 Å². The summed E-state index contributed by atoms with van der Waals surface area (Å²) in [4.78, 5) is 14.0. The molecule has 4 heteroatoms. The Morgan fingerprint density at radius 2 is 2.20 bits per heavy atom. The third-order valence-electron chi connectivity index (χ3n) is 3.16. The number of likely N-dealkylation sites (N-methyl/N-ethyl adjacent to an activating group) is 1. The highest BCUT2D eigenvalue weighted by Crippen LogP contribution is 2.16. The summed E-state index contributed by atoms with van der Waals surface area (Å²) in [6, 6.07) is 0. The van der Waals surface area contributed by atoms with E-state index >= 15 is 0 Å². The summed E-state index contributed by atoms with van der Waals surface area (Å²) >= 11 is 0. The first-order valence-electron chi connectivity index (χ1n) is 5.52. The van der Waals surface area contributed by atoms with Crippen LogP contribution in [0.1, 0.15) is 26.7 Å². The highest BCUT2D eigenvalue weighted by atomic mass is 16.5. The molecule has 1 amide bonds. The van der Waals surface area contributed by atoms with Crippen LogP contribution in [-0.4, -0.2) is 49.7 Å². The van der Waals surface area contributed by atoms with Gasteiger partial charge in [-0.1, -0.05) is 0 Å². The molecule has 15 heavy (non-hydrogen) atoms. The Balaban J connectivity index is 2.60. The third-order valence-corrected chi connectivity index (χ3v) is 3.16. The van der Waals surface area contributed by atoms with Gasteiger partial charge in [0.2, 0.25) is 5.91 Å². The Labute approximate surface area is 92.0 Å². The Hall–Kier alpha value is -0.610. The molecule has 0 spiro atoms. The van der Waals surface area contributed by atoms with Gasteiger partial charge in [-0.2, -0.15) is 0 Å². The molecule has 4 nitrogen and oxygen atoms in total. The maximum absolute atomic E-state index is 12.1. The lowest BCUT2D eigenvalue weighted by Crippen LogP contribution is -2.55. The number of ether oxygens (including phenoxy) is 1. The van der Waals surface area contributed by atoms with Crippen LogP contribution in [0.25, 0.3) is 0 Å². The molecule has 0 radical (unpaired) electrons. The van der Waals surface area contributed by atoms with Gasteiger partial charge in [-0.25, -0.2) is 0 Å². The number of hydrogen-bond acceptors (Lipinski definition) is 3. The fourth-order valence-electron chi connectivity index (χ4n) is 1.82. The van der Waals surface area contributed by atoms with Gasteiger partial charge in [-0.3, -0.25) is 4.79 Å². The molecule has 1 N–H and O–H groups in total. The molecule has 1 aliphatic heterocycles. The van der Waals surface area contributed by atoms with E-state index in [4.69, 9.17) is 4.74 Å². The second-order valence-corrected chi connectivity index (χ2v) is 4.63. The van der Waals surface area contributed by atoms with Gasteiger partial charge in [-0.05, 0) is 33.7 Å². The van der Waals surface area contributed by atoms with E-state index in [0.29, 0.717) is 0 Å². The fourth-order valence-corrected chi connectivity index (χ4v) is 1.82. The van der Waals surface area contributed by atoms with Crippen LogP contribution in [0, 0.1) is 0 Å². The Morgan fingerprint density at radius 1 is 1.53 bits per heavy atom. The normalized spacial score (nSPS) is 22.9. The smallest absolute Gasteiger partial charge is 0.242 e. The molecule has 1 unspecified atom stereocenters. The van der Waals surface area contributed by atoms with Crippen molar-refractivity contribution in [3.8, 4) is 0 Å². The Kier molecular flexibility index (Phi) is 4.11. The molecule has 1 rings (SSSR count). The van der Waals surface area contributed by atoms with Gasteiger partial charge in [0.25, 0.3) is 0 Å². The van der Waals surface area contributed by atoms with Crippen LogP contribution < -0.4 is 5.32 Å². The molecule has 0 aromatic heterocycles. The van der Waals surface area contributed by atoms with Gasteiger partial charge in [0, 0.05) is 20.2 Å². The zero-order chi connectivity index (χ0) is 11.5. The molecule has 0 bridgehead atoms. The fraction of sp³-hybridized carbons (Fsp3) is 0.909. The Bertz CT molecular complexity index is 229. The predicted molar refractivity (Wildman–Crippen MR) is 59.7 cm³/mol. The molecule has 1 saturated heterocycles. The van der Waals surface area contributed by atoms with Crippen molar-refractivity contribution in [1.82, 2.24) is 10.2 Å². The average Bonchev–Trinajstić information content (AvgIpc) is 2.28. The minimum absolute atomic E-state index is 0.159. The number of piperidine rings is 1. The molecule has 0 aromatic rings. The maximum Gasteiger partial charge on any atom is 0.242 e. The number of hydrogen-bond donors (Lipinski definition) is 1. The van der Waals surface area contributed by atoms with Crippen molar-refractivity contribution < 1.29 is 9.53 Å². The van der Waals surface area contributed by atoms with Crippen LogP contribution in [0.2, 0.25) is 0 Å². The lowest BCUT2D eigenvalue weighted by atomic mass is 10.0. The van der Waals surface area contributed by atoms with Crippen molar-refractivity contribution in [2.45, 2.75) is 38.3 Å².